The van der Waals surface area contributed by atoms with E-state index in [9.17, 15) is 14.7 Å². The molecule has 3 rings (SSSR count). The molecule has 0 saturated carbocycles. The maximum Gasteiger partial charge on any atom is 0.335 e. The van der Waals surface area contributed by atoms with E-state index in [0.717, 1.165) is 29.7 Å². The number of carbonyl (C=O) groups is 2. The second-order valence-electron chi connectivity index (χ2n) is 7.71. The van der Waals surface area contributed by atoms with Crippen LogP contribution < -0.4 is 0 Å². The van der Waals surface area contributed by atoms with E-state index in [-0.39, 0.29) is 17.0 Å². The van der Waals surface area contributed by atoms with E-state index in [4.69, 9.17) is 0 Å². The number of aromatic carboxylic acids is 1. The van der Waals surface area contributed by atoms with Crippen LogP contribution in [0.5, 0.6) is 0 Å². The molecular formula is C20H25N3O3. The van der Waals surface area contributed by atoms with Gasteiger partial charge < -0.3 is 10.0 Å². The first kappa shape index (κ1) is 18.2. The van der Waals surface area contributed by atoms with Gasteiger partial charge in [0.05, 0.1) is 28.6 Å². The largest absolute Gasteiger partial charge is 0.478 e. The maximum absolute atomic E-state index is 13.1. The highest BCUT2D eigenvalue weighted by atomic mass is 16.4. The summed E-state index contributed by atoms with van der Waals surface area (Å²) in [5.41, 5.74) is 3.67. The average Bonchev–Trinajstić information content (AvgIpc) is 3.04. The predicted octanol–water partition coefficient (Wildman–Crippen LogP) is 3.10. The van der Waals surface area contributed by atoms with Crippen molar-refractivity contribution in [2.24, 2.45) is 0 Å². The molecule has 1 aromatic carbocycles. The minimum Gasteiger partial charge on any atom is -0.478 e. The zero-order chi connectivity index (χ0) is 19.1. The van der Waals surface area contributed by atoms with E-state index in [1.54, 1.807) is 23.2 Å². The van der Waals surface area contributed by atoms with Gasteiger partial charge in [0.2, 0.25) is 0 Å². The van der Waals surface area contributed by atoms with E-state index in [2.05, 4.69) is 25.9 Å². The van der Waals surface area contributed by atoms with E-state index < -0.39 is 5.97 Å². The van der Waals surface area contributed by atoms with Crippen LogP contribution in [0.25, 0.3) is 0 Å². The number of rotatable bonds is 3. The molecule has 0 spiro atoms. The third-order valence-electron chi connectivity index (χ3n) is 4.82. The number of amides is 1. The summed E-state index contributed by atoms with van der Waals surface area (Å²) < 4.78 is 1.92. The van der Waals surface area contributed by atoms with Crippen molar-refractivity contribution in [1.82, 2.24) is 14.7 Å². The van der Waals surface area contributed by atoms with Gasteiger partial charge in [-0.3, -0.25) is 9.48 Å². The summed E-state index contributed by atoms with van der Waals surface area (Å²) in [6, 6.07) is 5.16. The molecule has 1 aliphatic rings. The summed E-state index contributed by atoms with van der Waals surface area (Å²) in [5, 5.41) is 13.6. The molecule has 2 heterocycles. The number of hydrogen-bond donors (Lipinski definition) is 1. The Morgan fingerprint density at radius 1 is 1.23 bits per heavy atom. The van der Waals surface area contributed by atoms with Gasteiger partial charge in [-0.2, -0.15) is 5.10 Å². The minimum absolute atomic E-state index is 0.0382. The van der Waals surface area contributed by atoms with Crippen LogP contribution in [0.3, 0.4) is 0 Å². The lowest BCUT2D eigenvalue weighted by Crippen LogP contribution is -2.36. The molecule has 1 N–H and O–H groups in total. The van der Waals surface area contributed by atoms with Gasteiger partial charge in [0, 0.05) is 13.1 Å². The molecule has 26 heavy (non-hydrogen) atoms. The Morgan fingerprint density at radius 2 is 1.96 bits per heavy atom. The lowest BCUT2D eigenvalue weighted by atomic mass is 9.96. The Kier molecular flexibility index (Phi) is 4.61. The maximum atomic E-state index is 13.1. The van der Waals surface area contributed by atoms with Gasteiger partial charge in [0.15, 0.2) is 0 Å². The fourth-order valence-electron chi connectivity index (χ4n) is 3.50. The normalized spacial score (nSPS) is 14.2. The van der Waals surface area contributed by atoms with Crippen molar-refractivity contribution < 1.29 is 14.7 Å². The fourth-order valence-corrected chi connectivity index (χ4v) is 3.50. The molecular weight excluding hydrogens is 330 g/mol. The highest BCUT2D eigenvalue weighted by Crippen LogP contribution is 2.25. The molecule has 0 aliphatic carbocycles. The zero-order valence-corrected chi connectivity index (χ0v) is 15.7. The number of carboxylic acids is 1. The van der Waals surface area contributed by atoms with Gasteiger partial charge in [-0.25, -0.2) is 4.79 Å². The van der Waals surface area contributed by atoms with E-state index in [1.807, 2.05) is 17.7 Å². The smallest absolute Gasteiger partial charge is 0.335 e. The molecule has 0 saturated heterocycles. The number of nitrogens with zero attached hydrogens (tertiary/aromatic N) is 3. The molecule has 0 fully saturated rings. The van der Waals surface area contributed by atoms with Gasteiger partial charge in [-0.05, 0) is 56.9 Å². The number of aromatic nitrogens is 2. The molecule has 1 amide bonds. The van der Waals surface area contributed by atoms with Crippen LogP contribution in [0.1, 0.15) is 65.2 Å². The van der Waals surface area contributed by atoms with Crippen LogP contribution in [-0.4, -0.2) is 38.2 Å². The number of carboxylic acid groups (broad SMARTS) is 1. The van der Waals surface area contributed by atoms with Crippen molar-refractivity contribution in [2.45, 2.75) is 52.6 Å². The Hall–Kier alpha value is -2.63. The standard InChI is InChI=1S/C20H25N3O3/c1-5-17-16(11-21-23(17)20(2,3)4)18(24)22-9-8-13-6-7-14(19(25)26)10-15(13)12-22/h6-7,10-11H,5,8-9,12H2,1-4H3,(H,25,26). The second-order valence-corrected chi connectivity index (χ2v) is 7.71. The van der Waals surface area contributed by atoms with Crippen LogP contribution >= 0.6 is 0 Å². The molecule has 6 heteroatoms. The van der Waals surface area contributed by atoms with Crippen molar-refractivity contribution in [3.05, 3.63) is 52.3 Å². The quantitative estimate of drug-likeness (QED) is 0.918. The molecule has 0 unspecified atom stereocenters. The first-order chi connectivity index (χ1) is 12.2. The zero-order valence-electron chi connectivity index (χ0n) is 15.7. The monoisotopic (exact) mass is 355 g/mol. The van der Waals surface area contributed by atoms with Crippen LogP contribution in [0.15, 0.2) is 24.4 Å². The van der Waals surface area contributed by atoms with Gasteiger partial charge in [-0.1, -0.05) is 13.0 Å². The van der Waals surface area contributed by atoms with Gasteiger partial charge in [0.25, 0.3) is 5.91 Å². The predicted molar refractivity (Wildman–Crippen MR) is 98.4 cm³/mol. The molecule has 2 aromatic rings. The van der Waals surface area contributed by atoms with Crippen LogP contribution in [-0.2, 0) is 24.9 Å². The molecule has 6 nitrogen and oxygen atoms in total. The van der Waals surface area contributed by atoms with Crippen molar-refractivity contribution in [3.63, 3.8) is 0 Å². The number of fused-ring (bicyclic) bond motifs is 1. The molecule has 1 aliphatic heterocycles. The Morgan fingerprint density at radius 3 is 2.58 bits per heavy atom. The summed E-state index contributed by atoms with van der Waals surface area (Å²) in [6.45, 7) is 9.29. The minimum atomic E-state index is -0.948. The molecule has 0 radical (unpaired) electrons. The summed E-state index contributed by atoms with van der Waals surface area (Å²) in [5.74, 6) is -0.986. The number of benzene rings is 1. The highest BCUT2D eigenvalue weighted by Gasteiger charge is 2.28. The van der Waals surface area contributed by atoms with E-state index >= 15 is 0 Å². The van der Waals surface area contributed by atoms with Gasteiger partial charge >= 0.3 is 5.97 Å². The van der Waals surface area contributed by atoms with Crippen molar-refractivity contribution in [2.75, 3.05) is 6.54 Å². The Bertz CT molecular complexity index is 862. The fraction of sp³-hybridized carbons (Fsp3) is 0.450. The first-order valence-electron chi connectivity index (χ1n) is 8.94. The summed E-state index contributed by atoms with van der Waals surface area (Å²) >= 11 is 0. The van der Waals surface area contributed by atoms with Gasteiger partial charge in [-0.15, -0.1) is 0 Å². The van der Waals surface area contributed by atoms with E-state index in [1.165, 1.54) is 0 Å². The third kappa shape index (κ3) is 3.23. The van der Waals surface area contributed by atoms with Crippen LogP contribution in [0, 0.1) is 0 Å². The number of hydrogen-bond acceptors (Lipinski definition) is 3. The van der Waals surface area contributed by atoms with Crippen LogP contribution in [0.2, 0.25) is 0 Å². The SMILES string of the molecule is CCc1c(C(=O)N2CCc3ccc(C(=O)O)cc3C2)cnn1C(C)(C)C. The molecule has 138 valence electrons. The average molecular weight is 355 g/mol. The van der Waals surface area contributed by atoms with E-state index in [0.29, 0.717) is 18.7 Å². The van der Waals surface area contributed by atoms with Crippen molar-refractivity contribution in [3.8, 4) is 0 Å². The highest BCUT2D eigenvalue weighted by molar-refractivity contribution is 5.95. The summed E-state index contributed by atoms with van der Waals surface area (Å²) in [7, 11) is 0. The topological polar surface area (TPSA) is 75.4 Å². The molecule has 1 aromatic heterocycles. The third-order valence-corrected chi connectivity index (χ3v) is 4.82. The lowest BCUT2D eigenvalue weighted by Gasteiger charge is -2.29. The number of carbonyl (C=O) groups excluding carboxylic acids is 1. The van der Waals surface area contributed by atoms with Crippen LogP contribution in [0.4, 0.5) is 0 Å². The summed E-state index contributed by atoms with van der Waals surface area (Å²) in [4.78, 5) is 26.1. The van der Waals surface area contributed by atoms with Crippen molar-refractivity contribution >= 4 is 11.9 Å². The molecule has 0 atom stereocenters. The lowest BCUT2D eigenvalue weighted by molar-refractivity contribution is 0.0696. The Balaban J connectivity index is 1.89. The van der Waals surface area contributed by atoms with Crippen molar-refractivity contribution in [1.29, 1.82) is 0 Å². The Labute approximate surface area is 153 Å². The second kappa shape index (κ2) is 6.59. The molecule has 0 bridgehead atoms. The first-order valence-corrected chi connectivity index (χ1v) is 8.94. The van der Waals surface area contributed by atoms with Gasteiger partial charge in [0.1, 0.15) is 0 Å². The summed E-state index contributed by atoms with van der Waals surface area (Å²) in [6.07, 6.45) is 3.12.